The Bertz CT molecular complexity index is 339. The second-order valence-corrected chi connectivity index (χ2v) is 3.36. The lowest BCUT2D eigenvalue weighted by atomic mass is 10.2. The zero-order valence-electron chi connectivity index (χ0n) is 7.84. The Balaban J connectivity index is 2.31. The monoisotopic (exact) mass is 192 g/mol. The van der Waals surface area contributed by atoms with E-state index >= 15 is 0 Å². The van der Waals surface area contributed by atoms with Crippen LogP contribution in [-0.2, 0) is 0 Å². The molecule has 1 saturated heterocycles. The van der Waals surface area contributed by atoms with E-state index in [2.05, 4.69) is 5.32 Å². The minimum atomic E-state index is -0.787. The summed E-state index contributed by atoms with van der Waals surface area (Å²) in [5.41, 5.74) is 0.710. The molecule has 0 radical (unpaired) electrons. The second kappa shape index (κ2) is 3.31. The molecule has 1 aromatic carbocycles. The van der Waals surface area contributed by atoms with Crippen LogP contribution in [0.25, 0.3) is 0 Å². The minimum Gasteiger partial charge on any atom is -0.371 e. The molecule has 0 unspecified atom stereocenters. The van der Waals surface area contributed by atoms with Gasteiger partial charge in [0.1, 0.15) is 0 Å². The summed E-state index contributed by atoms with van der Waals surface area (Å²) < 4.78 is 0. The lowest BCUT2D eigenvalue weighted by molar-refractivity contribution is 0.167. The molecule has 0 spiro atoms. The summed E-state index contributed by atoms with van der Waals surface area (Å²) in [6.45, 7) is 1.77. The highest BCUT2D eigenvalue weighted by atomic mass is 16.3. The van der Waals surface area contributed by atoms with Gasteiger partial charge < -0.3 is 10.4 Å². The van der Waals surface area contributed by atoms with Crippen LogP contribution in [0.3, 0.4) is 0 Å². The molecule has 1 aliphatic heterocycles. The van der Waals surface area contributed by atoms with Crippen molar-refractivity contribution in [2.24, 2.45) is 0 Å². The molecule has 14 heavy (non-hydrogen) atoms. The maximum absolute atomic E-state index is 11.5. The van der Waals surface area contributed by atoms with Crippen molar-refractivity contribution in [2.75, 3.05) is 4.90 Å². The average molecular weight is 192 g/mol. The first kappa shape index (κ1) is 9.02. The number of aliphatic hydroxyl groups excluding tert-OH is 1. The van der Waals surface area contributed by atoms with Crippen molar-refractivity contribution >= 4 is 11.7 Å². The van der Waals surface area contributed by atoms with E-state index in [-0.39, 0.29) is 12.1 Å². The highest BCUT2D eigenvalue weighted by Crippen LogP contribution is 2.21. The zero-order valence-corrected chi connectivity index (χ0v) is 7.84. The van der Waals surface area contributed by atoms with Gasteiger partial charge in [-0.05, 0) is 19.1 Å². The molecule has 0 bridgehead atoms. The van der Waals surface area contributed by atoms with Gasteiger partial charge in [-0.1, -0.05) is 18.2 Å². The number of aliphatic hydroxyl groups is 1. The van der Waals surface area contributed by atoms with Crippen molar-refractivity contribution in [1.82, 2.24) is 5.32 Å². The minimum absolute atomic E-state index is 0.234. The highest BCUT2D eigenvalue weighted by molar-refractivity contribution is 5.94. The molecule has 2 N–H and O–H groups in total. The number of benzene rings is 1. The summed E-state index contributed by atoms with van der Waals surface area (Å²) in [6, 6.07) is 8.63. The molecule has 4 nitrogen and oxygen atoms in total. The third-order valence-electron chi connectivity index (χ3n) is 2.32. The average Bonchev–Trinajstić information content (AvgIpc) is 2.43. The molecule has 1 fully saturated rings. The van der Waals surface area contributed by atoms with Crippen LogP contribution < -0.4 is 10.2 Å². The summed E-state index contributed by atoms with van der Waals surface area (Å²) in [4.78, 5) is 12.8. The zero-order chi connectivity index (χ0) is 10.1. The van der Waals surface area contributed by atoms with E-state index in [0.717, 1.165) is 0 Å². The van der Waals surface area contributed by atoms with Gasteiger partial charge in [0.15, 0.2) is 6.23 Å². The molecular weight excluding hydrogens is 180 g/mol. The third-order valence-corrected chi connectivity index (χ3v) is 2.32. The van der Waals surface area contributed by atoms with Crippen LogP contribution in [0.2, 0.25) is 0 Å². The van der Waals surface area contributed by atoms with Crippen LogP contribution in [0.5, 0.6) is 0 Å². The molecule has 1 heterocycles. The first-order valence-corrected chi connectivity index (χ1v) is 4.53. The van der Waals surface area contributed by atoms with Crippen molar-refractivity contribution in [3.05, 3.63) is 30.3 Å². The van der Waals surface area contributed by atoms with E-state index in [4.69, 9.17) is 0 Å². The smallest absolute Gasteiger partial charge is 0.324 e. The number of hydrogen-bond donors (Lipinski definition) is 2. The topological polar surface area (TPSA) is 52.6 Å². The number of amides is 2. The summed E-state index contributed by atoms with van der Waals surface area (Å²) in [7, 11) is 0. The van der Waals surface area contributed by atoms with Gasteiger partial charge >= 0.3 is 6.03 Å². The van der Waals surface area contributed by atoms with Crippen LogP contribution >= 0.6 is 0 Å². The Morgan fingerprint density at radius 1 is 1.36 bits per heavy atom. The van der Waals surface area contributed by atoms with Gasteiger partial charge in [0.2, 0.25) is 0 Å². The quantitative estimate of drug-likeness (QED) is 0.695. The Morgan fingerprint density at radius 2 is 2.00 bits per heavy atom. The van der Waals surface area contributed by atoms with Crippen molar-refractivity contribution < 1.29 is 9.90 Å². The van der Waals surface area contributed by atoms with E-state index < -0.39 is 6.23 Å². The highest BCUT2D eigenvalue weighted by Gasteiger charge is 2.35. The largest absolute Gasteiger partial charge is 0.371 e. The molecule has 74 valence electrons. The fourth-order valence-corrected chi connectivity index (χ4v) is 1.54. The Hall–Kier alpha value is -1.55. The predicted octanol–water partition coefficient (Wildman–Crippen LogP) is 0.923. The fraction of sp³-hybridized carbons (Fsp3) is 0.300. The van der Waals surface area contributed by atoms with E-state index in [0.29, 0.717) is 5.69 Å². The molecule has 0 aliphatic carbocycles. The normalized spacial score (nSPS) is 26.4. The Morgan fingerprint density at radius 3 is 2.50 bits per heavy atom. The van der Waals surface area contributed by atoms with Crippen LogP contribution in [0.1, 0.15) is 6.92 Å². The third kappa shape index (κ3) is 1.33. The number of urea groups is 1. The van der Waals surface area contributed by atoms with Crippen LogP contribution in [-0.4, -0.2) is 23.4 Å². The van der Waals surface area contributed by atoms with Gasteiger partial charge in [-0.2, -0.15) is 0 Å². The summed E-state index contributed by atoms with van der Waals surface area (Å²) in [5, 5.41) is 12.4. The van der Waals surface area contributed by atoms with Crippen molar-refractivity contribution in [3.63, 3.8) is 0 Å². The first-order valence-electron chi connectivity index (χ1n) is 4.53. The summed E-state index contributed by atoms with van der Waals surface area (Å²) in [6.07, 6.45) is -0.787. The molecule has 1 aromatic rings. The lowest BCUT2D eigenvalue weighted by Gasteiger charge is -2.19. The fourth-order valence-electron chi connectivity index (χ4n) is 1.54. The summed E-state index contributed by atoms with van der Waals surface area (Å²) >= 11 is 0. The second-order valence-electron chi connectivity index (χ2n) is 3.36. The van der Waals surface area contributed by atoms with E-state index in [9.17, 15) is 9.90 Å². The van der Waals surface area contributed by atoms with Gasteiger partial charge in [-0.3, -0.25) is 4.90 Å². The van der Waals surface area contributed by atoms with E-state index in [1.165, 1.54) is 4.90 Å². The van der Waals surface area contributed by atoms with Crippen molar-refractivity contribution in [1.29, 1.82) is 0 Å². The number of hydrogen-bond acceptors (Lipinski definition) is 2. The molecule has 1 aliphatic rings. The number of nitrogens with one attached hydrogen (secondary N) is 1. The maximum Gasteiger partial charge on any atom is 0.324 e. The number of carbonyl (C=O) groups excluding carboxylic acids is 1. The van der Waals surface area contributed by atoms with Gasteiger partial charge in [0.25, 0.3) is 0 Å². The van der Waals surface area contributed by atoms with E-state index in [1.807, 2.05) is 18.2 Å². The van der Waals surface area contributed by atoms with Crippen LogP contribution in [0, 0.1) is 0 Å². The van der Waals surface area contributed by atoms with Gasteiger partial charge in [0, 0.05) is 5.69 Å². The summed E-state index contributed by atoms with van der Waals surface area (Å²) in [5.74, 6) is 0. The van der Waals surface area contributed by atoms with Crippen LogP contribution in [0.4, 0.5) is 10.5 Å². The van der Waals surface area contributed by atoms with Gasteiger partial charge in [-0.15, -0.1) is 0 Å². The molecule has 4 heteroatoms. The molecule has 2 rings (SSSR count). The number of anilines is 1. The van der Waals surface area contributed by atoms with Gasteiger partial charge in [-0.25, -0.2) is 4.79 Å². The number of para-hydroxylation sites is 1. The van der Waals surface area contributed by atoms with Crippen molar-refractivity contribution in [3.8, 4) is 0 Å². The van der Waals surface area contributed by atoms with Crippen molar-refractivity contribution in [2.45, 2.75) is 19.2 Å². The molecule has 2 atom stereocenters. The molecular formula is C10H12N2O2. The van der Waals surface area contributed by atoms with Crippen LogP contribution in [0.15, 0.2) is 30.3 Å². The molecule has 2 amide bonds. The Labute approximate surface area is 82.2 Å². The number of rotatable bonds is 1. The molecule has 0 aromatic heterocycles. The molecule has 0 saturated carbocycles. The number of nitrogens with zero attached hydrogens (tertiary/aromatic N) is 1. The predicted molar refractivity (Wildman–Crippen MR) is 52.9 cm³/mol. The maximum atomic E-state index is 11.5. The van der Waals surface area contributed by atoms with E-state index in [1.54, 1.807) is 19.1 Å². The first-order chi connectivity index (χ1) is 6.70. The lowest BCUT2D eigenvalue weighted by Crippen LogP contribution is -2.35. The standard InChI is InChI=1S/C10H12N2O2/c1-7-9(13)12(10(14)11-7)8-5-3-2-4-6-8/h2-7,9,13H,1H3,(H,11,14)/t7-,9-/m1/s1. The SMILES string of the molecule is C[C@H]1NC(=O)N(c2ccccc2)[C@@H]1O. The Kier molecular flexibility index (Phi) is 2.13. The number of carbonyl (C=O) groups is 1. The van der Waals surface area contributed by atoms with Gasteiger partial charge in [0.05, 0.1) is 6.04 Å².